The van der Waals surface area contributed by atoms with Gasteiger partial charge in [-0.1, -0.05) is 25.4 Å². The first-order valence-corrected chi connectivity index (χ1v) is 6.64. The van der Waals surface area contributed by atoms with Crippen molar-refractivity contribution >= 4 is 28.9 Å². The summed E-state index contributed by atoms with van der Waals surface area (Å²) in [7, 11) is 1.36. The summed E-state index contributed by atoms with van der Waals surface area (Å²) >= 11 is 6.28. The van der Waals surface area contributed by atoms with Gasteiger partial charge in [-0.15, -0.1) is 0 Å². The highest BCUT2D eigenvalue weighted by Gasteiger charge is 2.32. The van der Waals surface area contributed by atoms with Gasteiger partial charge in [0.1, 0.15) is 0 Å². The van der Waals surface area contributed by atoms with E-state index in [4.69, 9.17) is 22.1 Å². The Morgan fingerprint density at radius 1 is 1.47 bits per heavy atom. The minimum Gasteiger partial charge on any atom is -0.465 e. The molecule has 0 aromatic heterocycles. The molecule has 19 heavy (non-hydrogen) atoms. The number of halogens is 1. The maximum atomic E-state index is 11.9. The van der Waals surface area contributed by atoms with Crippen molar-refractivity contribution in [2.24, 2.45) is 5.41 Å². The number of hydrogen-bond donors (Lipinski definition) is 1. The fourth-order valence-corrected chi connectivity index (χ4v) is 2.86. The van der Waals surface area contributed by atoms with Crippen molar-refractivity contribution in [2.45, 2.75) is 20.3 Å². The molecule has 0 unspecified atom stereocenters. The van der Waals surface area contributed by atoms with E-state index >= 15 is 0 Å². The summed E-state index contributed by atoms with van der Waals surface area (Å²) in [6.07, 6.45) is 1.06. The van der Waals surface area contributed by atoms with Crippen LogP contribution in [0.5, 0.6) is 0 Å². The Bertz CT molecular complexity index is 514. The predicted molar refractivity (Wildman–Crippen MR) is 77.8 cm³/mol. The molecule has 0 bridgehead atoms. The SMILES string of the molecule is COC(=O)c1cc(N)cc(Cl)c1N1CCC(C)(C)C1. The molecule has 0 amide bonds. The number of benzene rings is 1. The number of nitrogens with two attached hydrogens (primary N) is 1. The van der Waals surface area contributed by atoms with E-state index in [9.17, 15) is 4.79 Å². The molecule has 0 spiro atoms. The zero-order valence-corrected chi connectivity index (χ0v) is 12.3. The summed E-state index contributed by atoms with van der Waals surface area (Å²) in [4.78, 5) is 14.0. The Balaban J connectivity index is 2.47. The predicted octanol–water partition coefficient (Wildman–Crippen LogP) is 2.95. The molecule has 1 aromatic carbocycles. The smallest absolute Gasteiger partial charge is 0.340 e. The van der Waals surface area contributed by atoms with E-state index < -0.39 is 5.97 Å². The molecule has 0 aliphatic carbocycles. The fraction of sp³-hybridized carbons (Fsp3) is 0.500. The molecule has 1 aliphatic heterocycles. The first-order chi connectivity index (χ1) is 8.84. The first-order valence-electron chi connectivity index (χ1n) is 6.26. The zero-order valence-electron chi connectivity index (χ0n) is 11.5. The number of ether oxygens (including phenoxy) is 1. The summed E-state index contributed by atoms with van der Waals surface area (Å²) in [6, 6.07) is 3.30. The normalized spacial score (nSPS) is 17.6. The lowest BCUT2D eigenvalue weighted by atomic mass is 9.93. The van der Waals surface area contributed by atoms with E-state index in [1.54, 1.807) is 12.1 Å². The van der Waals surface area contributed by atoms with Crippen LogP contribution in [0.1, 0.15) is 30.6 Å². The van der Waals surface area contributed by atoms with Crippen molar-refractivity contribution in [3.05, 3.63) is 22.7 Å². The number of anilines is 2. The number of nitrogen functional groups attached to an aromatic ring is 1. The Morgan fingerprint density at radius 2 is 2.16 bits per heavy atom. The van der Waals surface area contributed by atoms with Crippen molar-refractivity contribution < 1.29 is 9.53 Å². The van der Waals surface area contributed by atoms with Crippen LogP contribution in [0.2, 0.25) is 5.02 Å². The summed E-state index contributed by atoms with van der Waals surface area (Å²) < 4.78 is 4.82. The third-order valence-electron chi connectivity index (χ3n) is 3.48. The molecule has 5 heteroatoms. The molecule has 1 saturated heterocycles. The second kappa shape index (κ2) is 4.93. The van der Waals surface area contributed by atoms with E-state index in [0.717, 1.165) is 25.2 Å². The van der Waals surface area contributed by atoms with Crippen LogP contribution in [0.4, 0.5) is 11.4 Å². The summed E-state index contributed by atoms with van der Waals surface area (Å²) in [5.74, 6) is -0.408. The summed E-state index contributed by atoms with van der Waals surface area (Å²) in [5.41, 5.74) is 7.61. The highest BCUT2D eigenvalue weighted by molar-refractivity contribution is 6.34. The van der Waals surface area contributed by atoms with Crippen LogP contribution in [-0.4, -0.2) is 26.2 Å². The average molecular weight is 283 g/mol. The van der Waals surface area contributed by atoms with Crippen molar-refractivity contribution in [3.63, 3.8) is 0 Å². The van der Waals surface area contributed by atoms with Crippen LogP contribution < -0.4 is 10.6 Å². The molecule has 2 N–H and O–H groups in total. The van der Waals surface area contributed by atoms with Crippen LogP contribution in [-0.2, 0) is 4.74 Å². The van der Waals surface area contributed by atoms with Crippen LogP contribution in [0.25, 0.3) is 0 Å². The Hall–Kier alpha value is -1.42. The number of methoxy groups -OCH3 is 1. The fourth-order valence-electron chi connectivity index (χ4n) is 2.51. The van der Waals surface area contributed by atoms with Crippen molar-refractivity contribution in [2.75, 3.05) is 30.8 Å². The van der Waals surface area contributed by atoms with Crippen LogP contribution in [0.15, 0.2) is 12.1 Å². The second-order valence-corrected chi connectivity index (χ2v) is 6.13. The number of nitrogens with zero attached hydrogens (tertiary/aromatic N) is 1. The molecular formula is C14H19ClN2O2. The van der Waals surface area contributed by atoms with E-state index in [2.05, 4.69) is 18.7 Å². The van der Waals surface area contributed by atoms with Gasteiger partial charge in [0.05, 0.1) is 23.4 Å². The summed E-state index contributed by atoms with van der Waals surface area (Å²) in [5, 5.41) is 0.498. The lowest BCUT2D eigenvalue weighted by Gasteiger charge is -2.24. The molecule has 1 aliphatic rings. The molecule has 104 valence electrons. The van der Waals surface area contributed by atoms with Crippen LogP contribution in [0.3, 0.4) is 0 Å². The number of carbonyl (C=O) groups excluding carboxylic acids is 1. The Kier molecular flexibility index (Phi) is 3.63. The highest BCUT2D eigenvalue weighted by Crippen LogP contribution is 2.39. The number of rotatable bonds is 2. The van der Waals surface area contributed by atoms with Gasteiger partial charge in [0.25, 0.3) is 0 Å². The van der Waals surface area contributed by atoms with E-state index in [0.29, 0.717) is 16.3 Å². The van der Waals surface area contributed by atoms with Gasteiger partial charge in [-0.05, 0) is 24.0 Å². The standard InChI is InChI=1S/C14H19ClN2O2/c1-14(2)4-5-17(8-14)12-10(13(18)19-3)6-9(16)7-11(12)15/h6-7H,4-5,8,16H2,1-3H3. The lowest BCUT2D eigenvalue weighted by molar-refractivity contribution is 0.0601. The quantitative estimate of drug-likeness (QED) is 0.669. The average Bonchev–Trinajstić information content (AvgIpc) is 2.67. The van der Waals surface area contributed by atoms with E-state index in [1.807, 2.05) is 0 Å². The molecule has 1 aromatic rings. The number of carbonyl (C=O) groups is 1. The largest absolute Gasteiger partial charge is 0.465 e. The highest BCUT2D eigenvalue weighted by atomic mass is 35.5. The molecular weight excluding hydrogens is 264 g/mol. The van der Waals surface area contributed by atoms with Gasteiger partial charge in [-0.25, -0.2) is 4.79 Å². The third-order valence-corrected chi connectivity index (χ3v) is 3.77. The van der Waals surface area contributed by atoms with Gasteiger partial charge in [0.15, 0.2) is 0 Å². The molecule has 1 fully saturated rings. The van der Waals surface area contributed by atoms with Crippen LogP contribution >= 0.6 is 11.6 Å². The third kappa shape index (κ3) is 2.78. The van der Waals surface area contributed by atoms with E-state index in [1.165, 1.54) is 7.11 Å². The maximum Gasteiger partial charge on any atom is 0.340 e. The topological polar surface area (TPSA) is 55.6 Å². The molecule has 1 heterocycles. The molecule has 0 radical (unpaired) electrons. The first kappa shape index (κ1) is 14.0. The van der Waals surface area contributed by atoms with Crippen LogP contribution in [0, 0.1) is 5.41 Å². The minimum atomic E-state index is -0.408. The molecule has 0 atom stereocenters. The monoisotopic (exact) mass is 282 g/mol. The minimum absolute atomic E-state index is 0.220. The molecule has 0 saturated carbocycles. The second-order valence-electron chi connectivity index (χ2n) is 5.73. The number of hydrogen-bond acceptors (Lipinski definition) is 4. The van der Waals surface area contributed by atoms with Crippen molar-refractivity contribution in [1.82, 2.24) is 0 Å². The number of esters is 1. The van der Waals surface area contributed by atoms with Gasteiger partial charge >= 0.3 is 5.97 Å². The maximum absolute atomic E-state index is 11.9. The molecule has 4 nitrogen and oxygen atoms in total. The van der Waals surface area contributed by atoms with Crippen molar-refractivity contribution in [3.8, 4) is 0 Å². The zero-order chi connectivity index (χ0) is 14.2. The van der Waals surface area contributed by atoms with Gasteiger partial charge < -0.3 is 15.4 Å². The van der Waals surface area contributed by atoms with Gasteiger partial charge in [0.2, 0.25) is 0 Å². The Morgan fingerprint density at radius 3 is 2.68 bits per heavy atom. The van der Waals surface area contributed by atoms with Gasteiger partial charge in [-0.3, -0.25) is 0 Å². The summed E-state index contributed by atoms with van der Waals surface area (Å²) in [6.45, 7) is 6.15. The van der Waals surface area contributed by atoms with Gasteiger partial charge in [-0.2, -0.15) is 0 Å². The molecule has 2 rings (SSSR count). The van der Waals surface area contributed by atoms with Crippen molar-refractivity contribution in [1.29, 1.82) is 0 Å². The lowest BCUT2D eigenvalue weighted by Crippen LogP contribution is -2.25. The Labute approximate surface area is 118 Å². The van der Waals surface area contributed by atoms with E-state index in [-0.39, 0.29) is 5.41 Å². The van der Waals surface area contributed by atoms with Gasteiger partial charge in [0, 0.05) is 18.8 Å².